The first kappa shape index (κ1) is 11.9. The second kappa shape index (κ2) is 3.72. The van der Waals surface area contributed by atoms with Crippen LogP contribution in [0.3, 0.4) is 0 Å². The average Bonchev–Trinajstić information content (AvgIpc) is 2.98. The molecule has 0 aromatic carbocycles. The zero-order chi connectivity index (χ0) is 12.7. The molecular weight excluding hydrogens is 235 g/mol. The highest BCUT2D eigenvalue weighted by atomic mass is 19.4. The van der Waals surface area contributed by atoms with Gasteiger partial charge < -0.3 is 5.11 Å². The Hall–Kier alpha value is -1.59. The molecule has 92 valence electrons. The van der Waals surface area contributed by atoms with E-state index in [4.69, 9.17) is 5.11 Å². The Morgan fingerprint density at radius 3 is 2.59 bits per heavy atom. The molecule has 0 aliphatic heterocycles. The lowest BCUT2D eigenvalue weighted by Gasteiger charge is -2.14. The summed E-state index contributed by atoms with van der Waals surface area (Å²) >= 11 is 0. The molecule has 0 bridgehead atoms. The van der Waals surface area contributed by atoms with E-state index in [1.54, 1.807) is 0 Å². The van der Waals surface area contributed by atoms with Gasteiger partial charge in [0.2, 0.25) is 0 Å². The lowest BCUT2D eigenvalue weighted by molar-refractivity contribution is -0.144. The van der Waals surface area contributed by atoms with E-state index in [-0.39, 0.29) is 12.1 Å². The molecule has 0 spiro atoms. The molecule has 0 radical (unpaired) electrons. The third-order valence-electron chi connectivity index (χ3n) is 3.01. The molecule has 1 aliphatic rings. The van der Waals surface area contributed by atoms with Crippen LogP contribution in [0.25, 0.3) is 0 Å². The average molecular weight is 245 g/mol. The van der Waals surface area contributed by atoms with Gasteiger partial charge in [0.05, 0.1) is 16.7 Å². The molecule has 1 aromatic heterocycles. The molecule has 1 fully saturated rings. The van der Waals surface area contributed by atoms with Crippen molar-refractivity contribution in [3.8, 4) is 0 Å². The maximum Gasteiger partial charge on any atom is 0.418 e. The highest BCUT2D eigenvalue weighted by Gasteiger charge is 2.51. The standard InChI is InChI=1S/C11H10F3NO2/c12-11(13,14)7-2-1-5-15-8(7)6-10(3-4-10)9(16)17/h1-2,5H,3-4,6H2,(H,16,17). The summed E-state index contributed by atoms with van der Waals surface area (Å²) in [5.74, 6) is -1.05. The number of carboxylic acids is 1. The van der Waals surface area contributed by atoms with Crippen LogP contribution in [0, 0.1) is 5.41 Å². The van der Waals surface area contributed by atoms with Crippen LogP contribution in [0.15, 0.2) is 18.3 Å². The van der Waals surface area contributed by atoms with Crippen molar-refractivity contribution in [1.82, 2.24) is 4.98 Å². The molecule has 2 rings (SSSR count). The van der Waals surface area contributed by atoms with Crippen molar-refractivity contribution in [1.29, 1.82) is 0 Å². The largest absolute Gasteiger partial charge is 0.481 e. The van der Waals surface area contributed by atoms with E-state index in [0.717, 1.165) is 6.07 Å². The maximum absolute atomic E-state index is 12.7. The fraction of sp³-hybridized carbons (Fsp3) is 0.455. The first-order chi connectivity index (χ1) is 7.85. The van der Waals surface area contributed by atoms with Crippen LogP contribution in [-0.4, -0.2) is 16.1 Å². The van der Waals surface area contributed by atoms with Gasteiger partial charge in [-0.2, -0.15) is 13.2 Å². The topological polar surface area (TPSA) is 50.2 Å². The number of hydrogen-bond acceptors (Lipinski definition) is 2. The summed E-state index contributed by atoms with van der Waals surface area (Å²) in [6, 6.07) is 2.13. The molecule has 1 saturated carbocycles. The summed E-state index contributed by atoms with van der Waals surface area (Å²) in [6.45, 7) is 0. The Morgan fingerprint density at radius 2 is 2.12 bits per heavy atom. The number of alkyl halides is 3. The Kier molecular flexibility index (Phi) is 2.60. The molecule has 1 aliphatic carbocycles. The predicted octanol–water partition coefficient (Wildman–Crippen LogP) is 2.51. The Bertz CT molecular complexity index is 452. The van der Waals surface area contributed by atoms with Crippen LogP contribution in [0.4, 0.5) is 13.2 Å². The molecule has 1 aromatic rings. The third kappa shape index (κ3) is 2.25. The maximum atomic E-state index is 12.7. The van der Waals surface area contributed by atoms with Crippen LogP contribution in [0.2, 0.25) is 0 Å². The van der Waals surface area contributed by atoms with Gasteiger partial charge in [0.1, 0.15) is 0 Å². The number of nitrogens with zero attached hydrogens (tertiary/aromatic N) is 1. The Labute approximate surface area is 95.3 Å². The van der Waals surface area contributed by atoms with Gasteiger partial charge >= 0.3 is 12.1 Å². The predicted molar refractivity (Wildman–Crippen MR) is 52.2 cm³/mol. The summed E-state index contributed by atoms with van der Waals surface area (Å²) in [4.78, 5) is 14.6. The van der Waals surface area contributed by atoms with E-state index in [1.807, 2.05) is 0 Å². The van der Waals surface area contributed by atoms with Gasteiger partial charge in [0, 0.05) is 12.6 Å². The monoisotopic (exact) mass is 245 g/mol. The summed E-state index contributed by atoms with van der Waals surface area (Å²) in [6.07, 6.45) is -2.56. The van der Waals surface area contributed by atoms with Crippen LogP contribution >= 0.6 is 0 Å². The number of pyridine rings is 1. The fourth-order valence-corrected chi connectivity index (χ4v) is 1.77. The number of halogens is 3. The van der Waals surface area contributed by atoms with Crippen molar-refractivity contribution in [2.24, 2.45) is 5.41 Å². The SMILES string of the molecule is O=C(O)C1(Cc2ncccc2C(F)(F)F)CC1. The second-order valence-electron chi connectivity index (χ2n) is 4.26. The van der Waals surface area contributed by atoms with Crippen LogP contribution in [0.5, 0.6) is 0 Å². The molecule has 6 heteroatoms. The van der Waals surface area contributed by atoms with Crippen LogP contribution in [-0.2, 0) is 17.4 Å². The van der Waals surface area contributed by atoms with Gasteiger partial charge in [-0.05, 0) is 25.0 Å². The lowest BCUT2D eigenvalue weighted by atomic mass is 9.97. The summed E-state index contributed by atoms with van der Waals surface area (Å²) in [5, 5.41) is 8.95. The van der Waals surface area contributed by atoms with Crippen LogP contribution in [0.1, 0.15) is 24.1 Å². The lowest BCUT2D eigenvalue weighted by Crippen LogP contribution is -2.21. The number of hydrogen-bond donors (Lipinski definition) is 1. The van der Waals surface area contributed by atoms with E-state index in [1.165, 1.54) is 12.3 Å². The normalized spacial score (nSPS) is 17.8. The number of rotatable bonds is 3. The van der Waals surface area contributed by atoms with E-state index in [2.05, 4.69) is 4.98 Å². The van der Waals surface area contributed by atoms with Gasteiger partial charge in [0.15, 0.2) is 0 Å². The van der Waals surface area contributed by atoms with Gasteiger partial charge in [-0.3, -0.25) is 9.78 Å². The van der Waals surface area contributed by atoms with Gasteiger partial charge in [-0.15, -0.1) is 0 Å². The molecule has 17 heavy (non-hydrogen) atoms. The second-order valence-corrected chi connectivity index (χ2v) is 4.26. The highest BCUT2D eigenvalue weighted by molar-refractivity contribution is 5.78. The van der Waals surface area contributed by atoms with Gasteiger partial charge in [-0.25, -0.2) is 0 Å². The Balaban J connectivity index is 2.31. The molecule has 1 N–H and O–H groups in total. The highest BCUT2D eigenvalue weighted by Crippen LogP contribution is 2.49. The van der Waals surface area contributed by atoms with E-state index >= 15 is 0 Å². The van der Waals surface area contributed by atoms with Crippen molar-refractivity contribution < 1.29 is 23.1 Å². The van der Waals surface area contributed by atoms with Crippen molar-refractivity contribution in [3.63, 3.8) is 0 Å². The molecular formula is C11H10F3NO2. The van der Waals surface area contributed by atoms with Gasteiger partial charge in [0.25, 0.3) is 0 Å². The number of aliphatic carboxylic acids is 1. The molecule has 0 saturated heterocycles. The molecule has 3 nitrogen and oxygen atoms in total. The van der Waals surface area contributed by atoms with Crippen molar-refractivity contribution in [3.05, 3.63) is 29.6 Å². The number of carboxylic acid groups (broad SMARTS) is 1. The molecule has 1 heterocycles. The minimum atomic E-state index is -4.49. The minimum absolute atomic E-state index is 0.155. The zero-order valence-electron chi connectivity index (χ0n) is 8.79. The van der Waals surface area contributed by atoms with Gasteiger partial charge in [-0.1, -0.05) is 0 Å². The summed E-state index contributed by atoms with van der Waals surface area (Å²) in [7, 11) is 0. The van der Waals surface area contributed by atoms with E-state index < -0.39 is 23.1 Å². The molecule has 0 unspecified atom stereocenters. The third-order valence-corrected chi connectivity index (χ3v) is 3.01. The fourth-order valence-electron chi connectivity index (χ4n) is 1.77. The smallest absolute Gasteiger partial charge is 0.418 e. The van der Waals surface area contributed by atoms with Crippen LogP contribution < -0.4 is 0 Å². The number of carbonyl (C=O) groups is 1. The minimum Gasteiger partial charge on any atom is -0.481 e. The van der Waals surface area contributed by atoms with E-state index in [9.17, 15) is 18.0 Å². The Morgan fingerprint density at radius 1 is 1.47 bits per heavy atom. The summed E-state index contributed by atoms with van der Waals surface area (Å²) in [5.41, 5.74) is -2.05. The summed E-state index contributed by atoms with van der Waals surface area (Å²) < 4.78 is 38.0. The van der Waals surface area contributed by atoms with Crippen molar-refractivity contribution in [2.45, 2.75) is 25.4 Å². The quantitative estimate of drug-likeness (QED) is 0.890. The first-order valence-corrected chi connectivity index (χ1v) is 5.10. The zero-order valence-corrected chi connectivity index (χ0v) is 8.79. The first-order valence-electron chi connectivity index (χ1n) is 5.10. The van der Waals surface area contributed by atoms with Crippen molar-refractivity contribution in [2.75, 3.05) is 0 Å². The molecule has 0 amide bonds. The van der Waals surface area contributed by atoms with E-state index in [0.29, 0.717) is 12.8 Å². The molecule has 0 atom stereocenters. The van der Waals surface area contributed by atoms with Crippen molar-refractivity contribution >= 4 is 5.97 Å². The number of aromatic nitrogens is 1.